The van der Waals surface area contributed by atoms with Gasteiger partial charge in [-0.25, -0.2) is 0 Å². The molecule has 4 rings (SSSR count). The van der Waals surface area contributed by atoms with E-state index in [2.05, 4.69) is 25.6 Å². The van der Waals surface area contributed by atoms with Gasteiger partial charge in [-0.2, -0.15) is 4.52 Å². The summed E-state index contributed by atoms with van der Waals surface area (Å²) >= 11 is 6.17. The summed E-state index contributed by atoms with van der Waals surface area (Å²) in [6.45, 7) is 0. The van der Waals surface area contributed by atoms with Crippen LogP contribution in [0.2, 0.25) is 5.02 Å². The summed E-state index contributed by atoms with van der Waals surface area (Å²) in [6.07, 6.45) is 3.42. The molecule has 0 unspecified atom stereocenters. The van der Waals surface area contributed by atoms with Gasteiger partial charge in [0.1, 0.15) is 0 Å². The highest BCUT2D eigenvalue weighted by Crippen LogP contribution is 2.24. The number of rotatable bonds is 3. The van der Waals surface area contributed by atoms with Crippen molar-refractivity contribution in [3.8, 4) is 11.4 Å². The van der Waals surface area contributed by atoms with E-state index in [1.807, 2.05) is 48.5 Å². The summed E-state index contributed by atoms with van der Waals surface area (Å²) in [7, 11) is 0. The minimum Gasteiger partial charge on any atom is -0.338 e. The van der Waals surface area contributed by atoms with Crippen LogP contribution in [0.3, 0.4) is 0 Å². The van der Waals surface area contributed by atoms with Crippen molar-refractivity contribution >= 4 is 28.8 Å². The zero-order valence-electron chi connectivity index (χ0n) is 11.9. The van der Waals surface area contributed by atoms with Gasteiger partial charge >= 0.3 is 0 Å². The number of pyridine rings is 1. The number of anilines is 2. The summed E-state index contributed by atoms with van der Waals surface area (Å²) in [5.41, 5.74) is 2.36. The van der Waals surface area contributed by atoms with Crippen LogP contribution in [0.1, 0.15) is 0 Å². The monoisotopic (exact) mass is 322 g/mol. The largest absolute Gasteiger partial charge is 0.338 e. The lowest BCUT2D eigenvalue weighted by molar-refractivity contribution is 0.941. The van der Waals surface area contributed by atoms with Gasteiger partial charge in [-0.05, 0) is 36.4 Å². The van der Waals surface area contributed by atoms with E-state index in [0.717, 1.165) is 11.3 Å². The first-order valence-electron chi connectivity index (χ1n) is 6.96. The summed E-state index contributed by atoms with van der Waals surface area (Å²) < 4.78 is 1.69. The molecule has 0 amide bonds. The standard InChI is InChI=1S/C16H11ClN6/c17-12-3-1-2-4-13(12)19-14-5-6-15-20-21-16(23(15)22-14)11-7-9-18-10-8-11/h1-10H,(H,19,22). The fourth-order valence-corrected chi connectivity index (χ4v) is 2.42. The number of benzene rings is 1. The van der Waals surface area contributed by atoms with Crippen molar-refractivity contribution in [2.45, 2.75) is 0 Å². The number of nitrogens with zero attached hydrogens (tertiary/aromatic N) is 5. The lowest BCUT2D eigenvalue weighted by atomic mass is 10.2. The first-order chi connectivity index (χ1) is 11.3. The third kappa shape index (κ3) is 2.60. The third-order valence-corrected chi connectivity index (χ3v) is 3.67. The number of halogens is 1. The molecule has 3 aromatic heterocycles. The Balaban J connectivity index is 1.77. The molecule has 0 saturated heterocycles. The van der Waals surface area contributed by atoms with Crippen molar-refractivity contribution in [1.82, 2.24) is 24.8 Å². The minimum atomic E-state index is 0.632. The van der Waals surface area contributed by atoms with Crippen LogP contribution in [0.4, 0.5) is 11.5 Å². The number of hydrogen-bond acceptors (Lipinski definition) is 5. The molecule has 0 radical (unpaired) electrons. The normalized spacial score (nSPS) is 10.8. The molecule has 6 nitrogen and oxygen atoms in total. The van der Waals surface area contributed by atoms with E-state index in [-0.39, 0.29) is 0 Å². The Labute approximate surface area is 136 Å². The fourth-order valence-electron chi connectivity index (χ4n) is 2.24. The first-order valence-corrected chi connectivity index (χ1v) is 7.33. The topological polar surface area (TPSA) is 68.0 Å². The maximum absolute atomic E-state index is 6.17. The molecular weight excluding hydrogens is 312 g/mol. The average molecular weight is 323 g/mol. The molecule has 0 saturated carbocycles. The highest BCUT2D eigenvalue weighted by molar-refractivity contribution is 6.33. The van der Waals surface area contributed by atoms with Gasteiger partial charge in [0.25, 0.3) is 0 Å². The lowest BCUT2D eigenvalue weighted by Gasteiger charge is -2.07. The Hall–Kier alpha value is -2.99. The van der Waals surface area contributed by atoms with Gasteiger partial charge in [-0.3, -0.25) is 4.98 Å². The second kappa shape index (κ2) is 5.66. The molecule has 0 bridgehead atoms. The lowest BCUT2D eigenvalue weighted by Crippen LogP contribution is -2.00. The summed E-state index contributed by atoms with van der Waals surface area (Å²) in [4.78, 5) is 4.01. The minimum absolute atomic E-state index is 0.632. The van der Waals surface area contributed by atoms with E-state index in [1.54, 1.807) is 16.9 Å². The van der Waals surface area contributed by atoms with Crippen LogP contribution < -0.4 is 5.32 Å². The van der Waals surface area contributed by atoms with E-state index in [0.29, 0.717) is 22.3 Å². The molecular formula is C16H11ClN6. The Bertz CT molecular complexity index is 967. The van der Waals surface area contributed by atoms with Gasteiger partial charge < -0.3 is 5.32 Å². The fraction of sp³-hybridized carbons (Fsp3) is 0. The van der Waals surface area contributed by atoms with Crippen LogP contribution in [0.5, 0.6) is 0 Å². The third-order valence-electron chi connectivity index (χ3n) is 3.34. The molecule has 1 aromatic carbocycles. The van der Waals surface area contributed by atoms with Crippen LogP contribution in [-0.2, 0) is 0 Å². The van der Waals surface area contributed by atoms with Crippen molar-refractivity contribution < 1.29 is 0 Å². The summed E-state index contributed by atoms with van der Waals surface area (Å²) in [6, 6.07) is 14.9. The molecule has 0 aliphatic heterocycles. The Morgan fingerprint density at radius 1 is 0.913 bits per heavy atom. The van der Waals surface area contributed by atoms with Gasteiger partial charge in [0.05, 0.1) is 10.7 Å². The Morgan fingerprint density at radius 3 is 2.57 bits per heavy atom. The second-order valence-corrected chi connectivity index (χ2v) is 5.26. The van der Waals surface area contributed by atoms with E-state index in [9.17, 15) is 0 Å². The van der Waals surface area contributed by atoms with Gasteiger partial charge in [0, 0.05) is 18.0 Å². The van der Waals surface area contributed by atoms with Gasteiger partial charge in [-0.15, -0.1) is 15.3 Å². The zero-order chi connectivity index (χ0) is 15.6. The second-order valence-electron chi connectivity index (χ2n) is 4.85. The average Bonchev–Trinajstić information content (AvgIpc) is 3.01. The smallest absolute Gasteiger partial charge is 0.185 e. The van der Waals surface area contributed by atoms with Crippen LogP contribution in [0, 0.1) is 0 Å². The van der Waals surface area contributed by atoms with Crippen LogP contribution in [0.15, 0.2) is 60.9 Å². The molecule has 0 aliphatic rings. The molecule has 0 aliphatic carbocycles. The first kappa shape index (κ1) is 13.7. The van der Waals surface area contributed by atoms with E-state index < -0.39 is 0 Å². The Kier molecular flexibility index (Phi) is 3.36. The number of fused-ring (bicyclic) bond motifs is 1. The quantitative estimate of drug-likeness (QED) is 0.624. The van der Waals surface area contributed by atoms with Crippen LogP contribution >= 0.6 is 11.6 Å². The number of nitrogens with one attached hydrogen (secondary N) is 1. The predicted octanol–water partition coefficient (Wildman–Crippen LogP) is 3.58. The SMILES string of the molecule is Clc1ccccc1Nc1ccc2nnc(-c3ccncc3)n2n1. The molecule has 0 atom stereocenters. The molecule has 7 heteroatoms. The van der Waals surface area contributed by atoms with Crippen molar-refractivity contribution in [1.29, 1.82) is 0 Å². The van der Waals surface area contributed by atoms with E-state index in [1.165, 1.54) is 0 Å². The highest BCUT2D eigenvalue weighted by atomic mass is 35.5. The predicted molar refractivity (Wildman–Crippen MR) is 88.7 cm³/mol. The van der Waals surface area contributed by atoms with Crippen molar-refractivity contribution in [2.24, 2.45) is 0 Å². The molecule has 3 heterocycles. The van der Waals surface area contributed by atoms with Crippen LogP contribution in [0.25, 0.3) is 17.0 Å². The number of aromatic nitrogens is 5. The molecule has 0 spiro atoms. The zero-order valence-corrected chi connectivity index (χ0v) is 12.6. The number of para-hydroxylation sites is 1. The highest BCUT2D eigenvalue weighted by Gasteiger charge is 2.10. The van der Waals surface area contributed by atoms with Gasteiger partial charge in [0.2, 0.25) is 0 Å². The van der Waals surface area contributed by atoms with E-state index in [4.69, 9.17) is 11.6 Å². The van der Waals surface area contributed by atoms with Crippen molar-refractivity contribution in [3.05, 3.63) is 65.9 Å². The molecule has 112 valence electrons. The molecule has 0 fully saturated rings. The molecule has 23 heavy (non-hydrogen) atoms. The van der Waals surface area contributed by atoms with Crippen molar-refractivity contribution in [3.63, 3.8) is 0 Å². The van der Waals surface area contributed by atoms with Gasteiger partial charge in [0.15, 0.2) is 17.3 Å². The summed E-state index contributed by atoms with van der Waals surface area (Å²) in [5, 5.41) is 16.7. The Morgan fingerprint density at radius 2 is 1.74 bits per heavy atom. The summed E-state index contributed by atoms with van der Waals surface area (Å²) in [5.74, 6) is 1.31. The maximum atomic E-state index is 6.17. The molecule has 1 N–H and O–H groups in total. The maximum Gasteiger partial charge on any atom is 0.185 e. The number of hydrogen-bond donors (Lipinski definition) is 1. The molecule has 4 aromatic rings. The van der Waals surface area contributed by atoms with Crippen LogP contribution in [-0.4, -0.2) is 24.8 Å². The van der Waals surface area contributed by atoms with E-state index >= 15 is 0 Å². The van der Waals surface area contributed by atoms with Crippen molar-refractivity contribution in [2.75, 3.05) is 5.32 Å². The van der Waals surface area contributed by atoms with Gasteiger partial charge in [-0.1, -0.05) is 23.7 Å².